The van der Waals surface area contributed by atoms with Crippen molar-refractivity contribution >= 4 is 17.3 Å². The van der Waals surface area contributed by atoms with Gasteiger partial charge in [0, 0.05) is 11.1 Å². The molecule has 1 atom stereocenters. The van der Waals surface area contributed by atoms with Crippen LogP contribution in [0.2, 0.25) is 0 Å². The van der Waals surface area contributed by atoms with E-state index in [9.17, 15) is 14.3 Å². The molecular weight excluding hydrogens is 259 g/mol. The molecule has 0 aromatic heterocycles. The monoisotopic (exact) mass is 270 g/mol. The van der Waals surface area contributed by atoms with Crippen LogP contribution in [0.3, 0.4) is 0 Å². The minimum Gasteiger partial charge on any atom is -0.364 e. The lowest BCUT2D eigenvalue weighted by Crippen LogP contribution is -2.24. The summed E-state index contributed by atoms with van der Waals surface area (Å²) in [4.78, 5) is 15.7. The summed E-state index contributed by atoms with van der Waals surface area (Å²) in [5, 5.41) is 12.3. The van der Waals surface area contributed by atoms with Crippen LogP contribution < -0.4 is 5.32 Å². The molecule has 5 heteroatoms. The Morgan fingerprint density at radius 3 is 2.65 bits per heavy atom. The molecule has 2 aromatic rings. The summed E-state index contributed by atoms with van der Waals surface area (Å²) in [6.07, 6.45) is -1.51. The minimum atomic E-state index is -1.51. The number of fused-ring (bicyclic) bond motifs is 1. The van der Waals surface area contributed by atoms with Gasteiger partial charge < -0.3 is 10.4 Å². The van der Waals surface area contributed by atoms with Crippen molar-refractivity contribution < 1.29 is 14.3 Å². The Kier molecular flexibility index (Phi) is 3.04. The van der Waals surface area contributed by atoms with E-state index in [2.05, 4.69) is 10.3 Å². The maximum absolute atomic E-state index is 13.5. The number of nitrogens with one attached hydrogen (secondary N) is 1. The highest BCUT2D eigenvalue weighted by Gasteiger charge is 2.24. The van der Waals surface area contributed by atoms with E-state index in [1.54, 1.807) is 12.1 Å². The lowest BCUT2D eigenvalue weighted by Gasteiger charge is -2.09. The Hall–Kier alpha value is -2.53. The molecule has 1 aliphatic heterocycles. The third-order valence-corrected chi connectivity index (χ3v) is 3.03. The summed E-state index contributed by atoms with van der Waals surface area (Å²) in [5.74, 6) is -1.07. The zero-order valence-corrected chi connectivity index (χ0v) is 10.4. The second kappa shape index (κ2) is 4.86. The van der Waals surface area contributed by atoms with E-state index < -0.39 is 18.0 Å². The van der Waals surface area contributed by atoms with Crippen LogP contribution in [0, 0.1) is 5.82 Å². The first-order chi connectivity index (χ1) is 9.65. The molecule has 0 spiro atoms. The van der Waals surface area contributed by atoms with E-state index in [1.165, 1.54) is 18.2 Å². The van der Waals surface area contributed by atoms with Crippen LogP contribution in [0.1, 0.15) is 11.1 Å². The van der Waals surface area contributed by atoms with E-state index in [1.807, 2.05) is 18.2 Å². The van der Waals surface area contributed by atoms with E-state index in [-0.39, 0.29) is 0 Å². The molecular formula is C15H11FN2O2. The van der Waals surface area contributed by atoms with Crippen molar-refractivity contribution in [2.45, 2.75) is 6.23 Å². The Morgan fingerprint density at radius 1 is 1.15 bits per heavy atom. The van der Waals surface area contributed by atoms with Gasteiger partial charge in [0.15, 0.2) is 0 Å². The minimum absolute atomic E-state index is 0.381. The van der Waals surface area contributed by atoms with E-state index in [0.717, 1.165) is 0 Å². The van der Waals surface area contributed by atoms with Crippen molar-refractivity contribution in [2.75, 3.05) is 5.32 Å². The topological polar surface area (TPSA) is 61.7 Å². The highest BCUT2D eigenvalue weighted by molar-refractivity contribution is 6.19. The summed E-state index contributed by atoms with van der Waals surface area (Å²) in [5.41, 5.74) is 1.96. The number of halogens is 1. The van der Waals surface area contributed by atoms with Gasteiger partial charge in [-0.1, -0.05) is 30.3 Å². The second-order valence-corrected chi connectivity index (χ2v) is 4.40. The number of anilines is 1. The highest BCUT2D eigenvalue weighted by Crippen LogP contribution is 2.24. The first-order valence-electron chi connectivity index (χ1n) is 6.07. The summed E-state index contributed by atoms with van der Waals surface area (Å²) in [7, 11) is 0. The Labute approximate surface area is 114 Å². The normalized spacial score (nSPS) is 17.8. The predicted octanol–water partition coefficient (Wildman–Crippen LogP) is 1.93. The van der Waals surface area contributed by atoms with Crippen LogP contribution in [0.5, 0.6) is 0 Å². The number of benzodiazepines with no additional fused rings is 1. The van der Waals surface area contributed by atoms with Gasteiger partial charge in [-0.15, -0.1) is 0 Å². The fraction of sp³-hybridized carbons (Fsp3) is 0.0667. The fourth-order valence-electron chi connectivity index (χ4n) is 2.10. The number of carbonyl (C=O) groups excluding carboxylic acids is 1. The Bertz CT molecular complexity index is 698. The van der Waals surface area contributed by atoms with Gasteiger partial charge in [-0.2, -0.15) is 0 Å². The fourth-order valence-corrected chi connectivity index (χ4v) is 2.10. The molecule has 3 rings (SSSR count). The van der Waals surface area contributed by atoms with E-state index in [4.69, 9.17) is 0 Å². The maximum Gasteiger partial charge on any atom is 0.276 e. The van der Waals surface area contributed by atoms with Gasteiger partial charge >= 0.3 is 0 Å². The number of carbonyl (C=O) groups is 1. The smallest absolute Gasteiger partial charge is 0.276 e. The number of hydrogen-bond donors (Lipinski definition) is 2. The number of aliphatic hydroxyl groups excluding tert-OH is 1. The van der Waals surface area contributed by atoms with E-state index in [0.29, 0.717) is 22.5 Å². The molecule has 0 fully saturated rings. The maximum atomic E-state index is 13.5. The summed E-state index contributed by atoms with van der Waals surface area (Å²) in [6, 6.07) is 13.0. The van der Waals surface area contributed by atoms with Crippen molar-refractivity contribution in [3.8, 4) is 0 Å². The largest absolute Gasteiger partial charge is 0.364 e. The number of aliphatic hydroxyl groups is 1. The lowest BCUT2D eigenvalue weighted by atomic mass is 10.0. The van der Waals surface area contributed by atoms with Crippen LogP contribution in [0.25, 0.3) is 0 Å². The van der Waals surface area contributed by atoms with Crippen molar-refractivity contribution in [3.05, 3.63) is 65.5 Å². The summed E-state index contributed by atoms with van der Waals surface area (Å²) in [6.45, 7) is 0. The first kappa shape index (κ1) is 12.5. The number of amides is 1. The molecule has 2 N–H and O–H groups in total. The van der Waals surface area contributed by atoms with Crippen LogP contribution in [-0.4, -0.2) is 23.0 Å². The van der Waals surface area contributed by atoms with Crippen LogP contribution >= 0.6 is 0 Å². The highest BCUT2D eigenvalue weighted by atomic mass is 19.1. The van der Waals surface area contributed by atoms with Crippen LogP contribution in [0.15, 0.2) is 53.5 Å². The molecule has 0 saturated heterocycles. The molecule has 1 unspecified atom stereocenters. The molecule has 0 saturated carbocycles. The second-order valence-electron chi connectivity index (χ2n) is 4.40. The number of nitrogens with zero attached hydrogens (tertiary/aromatic N) is 1. The quantitative estimate of drug-likeness (QED) is 0.831. The molecule has 100 valence electrons. The van der Waals surface area contributed by atoms with Crippen molar-refractivity contribution in [2.24, 2.45) is 4.99 Å². The van der Waals surface area contributed by atoms with E-state index >= 15 is 0 Å². The average Bonchev–Trinajstić information content (AvgIpc) is 2.58. The molecule has 1 aliphatic rings. The SMILES string of the molecule is O=C1Nc2ccc(F)cc2C(c2ccccc2)=NC1O. The molecule has 1 heterocycles. The molecule has 2 aromatic carbocycles. The number of rotatable bonds is 1. The Morgan fingerprint density at radius 2 is 1.90 bits per heavy atom. The third kappa shape index (κ3) is 2.19. The summed E-state index contributed by atoms with van der Waals surface area (Å²) < 4.78 is 13.5. The molecule has 1 amide bonds. The van der Waals surface area contributed by atoms with Gasteiger partial charge in [-0.25, -0.2) is 9.38 Å². The van der Waals surface area contributed by atoms with Gasteiger partial charge in [0.25, 0.3) is 5.91 Å². The molecule has 20 heavy (non-hydrogen) atoms. The zero-order valence-electron chi connectivity index (χ0n) is 10.4. The third-order valence-electron chi connectivity index (χ3n) is 3.03. The van der Waals surface area contributed by atoms with Gasteiger partial charge in [-0.05, 0) is 18.2 Å². The molecule has 0 radical (unpaired) electrons. The van der Waals surface area contributed by atoms with Gasteiger partial charge in [0.1, 0.15) is 5.82 Å². The van der Waals surface area contributed by atoms with Crippen LogP contribution in [-0.2, 0) is 4.79 Å². The number of aliphatic imine (C=N–C) groups is 1. The van der Waals surface area contributed by atoms with Gasteiger partial charge in [0.05, 0.1) is 11.4 Å². The standard InChI is InChI=1S/C15H11FN2O2/c16-10-6-7-12-11(8-10)13(9-4-2-1-3-5-9)18-15(20)14(19)17-12/h1-8,15,20H,(H,17,19). The predicted molar refractivity (Wildman–Crippen MR) is 73.1 cm³/mol. The van der Waals surface area contributed by atoms with Crippen molar-refractivity contribution in [1.82, 2.24) is 0 Å². The van der Waals surface area contributed by atoms with Crippen LogP contribution in [0.4, 0.5) is 10.1 Å². The average molecular weight is 270 g/mol. The zero-order chi connectivity index (χ0) is 14.1. The lowest BCUT2D eigenvalue weighted by molar-refractivity contribution is -0.123. The number of hydrogen-bond acceptors (Lipinski definition) is 3. The van der Waals surface area contributed by atoms with Gasteiger partial charge in [-0.3, -0.25) is 4.79 Å². The first-order valence-corrected chi connectivity index (χ1v) is 6.07. The van der Waals surface area contributed by atoms with Gasteiger partial charge in [0.2, 0.25) is 6.23 Å². The molecule has 0 bridgehead atoms. The van der Waals surface area contributed by atoms with Crippen molar-refractivity contribution in [3.63, 3.8) is 0 Å². The Balaban J connectivity index is 2.23. The molecule has 4 nitrogen and oxygen atoms in total. The number of benzene rings is 2. The summed E-state index contributed by atoms with van der Waals surface area (Å²) >= 11 is 0. The molecule has 0 aliphatic carbocycles. The van der Waals surface area contributed by atoms with Crippen molar-refractivity contribution in [1.29, 1.82) is 0 Å².